The molecule has 0 N–H and O–H groups in total. The predicted octanol–water partition coefficient (Wildman–Crippen LogP) is 2.88. The van der Waals surface area contributed by atoms with E-state index in [-0.39, 0.29) is 5.91 Å². The molecule has 24 heavy (non-hydrogen) atoms. The Kier molecular flexibility index (Phi) is 6.44. The second-order valence-electron chi connectivity index (χ2n) is 6.69. The molecule has 0 spiro atoms. The molecule has 3 rings (SSSR count). The third kappa shape index (κ3) is 4.67. The Morgan fingerprint density at radius 3 is 2.71 bits per heavy atom. The summed E-state index contributed by atoms with van der Waals surface area (Å²) in [6.45, 7) is 6.10. The number of ether oxygens (including phenoxy) is 1. The lowest BCUT2D eigenvalue weighted by Gasteiger charge is -2.34. The van der Waals surface area contributed by atoms with E-state index in [2.05, 4.69) is 9.80 Å². The quantitative estimate of drug-likeness (QED) is 0.819. The van der Waals surface area contributed by atoms with Crippen molar-refractivity contribution in [3.05, 3.63) is 30.3 Å². The molecule has 132 valence electrons. The van der Waals surface area contributed by atoms with E-state index in [9.17, 15) is 4.79 Å². The molecule has 0 saturated carbocycles. The van der Waals surface area contributed by atoms with Crippen molar-refractivity contribution in [1.82, 2.24) is 9.80 Å². The number of para-hydroxylation sites is 1. The van der Waals surface area contributed by atoms with Gasteiger partial charge in [-0.15, -0.1) is 0 Å². The number of likely N-dealkylation sites (tertiary alicyclic amines) is 1. The van der Waals surface area contributed by atoms with Crippen molar-refractivity contribution in [3.8, 4) is 5.75 Å². The predicted molar refractivity (Wildman–Crippen MR) is 99.6 cm³/mol. The van der Waals surface area contributed by atoms with Crippen molar-refractivity contribution >= 4 is 17.7 Å². The minimum atomic E-state index is -0.434. The highest BCUT2D eigenvalue weighted by molar-refractivity contribution is 7.99. The van der Waals surface area contributed by atoms with E-state index < -0.39 is 6.10 Å². The van der Waals surface area contributed by atoms with Crippen LogP contribution in [0.15, 0.2) is 30.3 Å². The summed E-state index contributed by atoms with van der Waals surface area (Å²) in [6, 6.07) is 9.95. The summed E-state index contributed by atoms with van der Waals surface area (Å²) in [7, 11) is 0. The number of thioether (sulfide) groups is 1. The van der Waals surface area contributed by atoms with Gasteiger partial charge in [-0.1, -0.05) is 18.2 Å². The van der Waals surface area contributed by atoms with Crippen LogP contribution in [0.1, 0.15) is 26.2 Å². The molecular weight excluding hydrogens is 320 g/mol. The Morgan fingerprint density at radius 1 is 1.21 bits per heavy atom. The van der Waals surface area contributed by atoms with Gasteiger partial charge in [0.1, 0.15) is 5.75 Å². The average Bonchev–Trinajstić information content (AvgIpc) is 3.00. The van der Waals surface area contributed by atoms with E-state index >= 15 is 0 Å². The van der Waals surface area contributed by atoms with Gasteiger partial charge in [-0.3, -0.25) is 4.79 Å². The first-order valence-corrected chi connectivity index (χ1v) is 10.2. The number of hydrogen-bond acceptors (Lipinski definition) is 4. The average molecular weight is 349 g/mol. The molecule has 2 fully saturated rings. The summed E-state index contributed by atoms with van der Waals surface area (Å²) in [5, 5.41) is 0. The van der Waals surface area contributed by atoms with Crippen molar-refractivity contribution in [2.75, 3.05) is 37.7 Å². The lowest BCUT2D eigenvalue weighted by Crippen LogP contribution is -2.51. The monoisotopic (exact) mass is 348 g/mol. The van der Waals surface area contributed by atoms with Gasteiger partial charge in [-0.25, -0.2) is 0 Å². The lowest BCUT2D eigenvalue weighted by molar-refractivity contribution is -0.140. The van der Waals surface area contributed by atoms with Gasteiger partial charge >= 0.3 is 0 Å². The zero-order valence-electron chi connectivity index (χ0n) is 14.5. The minimum absolute atomic E-state index is 0.130. The Labute approximate surface area is 149 Å². The Balaban J connectivity index is 1.64. The smallest absolute Gasteiger partial charge is 0.263 e. The van der Waals surface area contributed by atoms with E-state index in [1.807, 2.05) is 49.0 Å². The first-order valence-electron chi connectivity index (χ1n) is 9.06. The number of carbonyl (C=O) groups excluding carboxylic acids is 1. The topological polar surface area (TPSA) is 32.8 Å². The Bertz CT molecular complexity index is 519. The summed E-state index contributed by atoms with van der Waals surface area (Å²) in [5.41, 5.74) is 0. The summed E-state index contributed by atoms with van der Waals surface area (Å²) < 4.78 is 5.88. The zero-order chi connectivity index (χ0) is 16.8. The van der Waals surface area contributed by atoms with Crippen LogP contribution in [0, 0.1) is 0 Å². The van der Waals surface area contributed by atoms with Crippen molar-refractivity contribution in [3.63, 3.8) is 0 Å². The van der Waals surface area contributed by atoms with Crippen LogP contribution in [0.3, 0.4) is 0 Å². The van der Waals surface area contributed by atoms with Crippen LogP contribution in [0.2, 0.25) is 0 Å². The van der Waals surface area contributed by atoms with Gasteiger partial charge in [0, 0.05) is 18.8 Å². The lowest BCUT2D eigenvalue weighted by atomic mass is 10.2. The summed E-state index contributed by atoms with van der Waals surface area (Å²) in [4.78, 5) is 17.6. The molecule has 2 saturated heterocycles. The molecule has 4 nitrogen and oxygen atoms in total. The molecule has 0 aromatic heterocycles. The van der Waals surface area contributed by atoms with Gasteiger partial charge in [0.05, 0.1) is 6.04 Å². The maximum atomic E-state index is 13.0. The van der Waals surface area contributed by atoms with E-state index in [0.717, 1.165) is 36.8 Å². The SMILES string of the molecule is C[C@@H](Oc1ccccc1)C(=O)N1CCCSC[C@@H]1CN1CCCC1. The van der Waals surface area contributed by atoms with Crippen molar-refractivity contribution in [2.24, 2.45) is 0 Å². The van der Waals surface area contributed by atoms with Gasteiger partial charge in [0.15, 0.2) is 6.10 Å². The highest BCUT2D eigenvalue weighted by atomic mass is 32.2. The van der Waals surface area contributed by atoms with Gasteiger partial charge in [-0.05, 0) is 57.2 Å². The molecule has 0 radical (unpaired) electrons. The summed E-state index contributed by atoms with van der Waals surface area (Å²) in [6.07, 6.45) is 3.23. The molecule has 0 bridgehead atoms. The van der Waals surface area contributed by atoms with Crippen LogP contribution in [-0.4, -0.2) is 65.5 Å². The number of benzene rings is 1. The van der Waals surface area contributed by atoms with Crippen LogP contribution in [0.25, 0.3) is 0 Å². The van der Waals surface area contributed by atoms with Gasteiger partial charge in [-0.2, -0.15) is 11.8 Å². The fraction of sp³-hybridized carbons (Fsp3) is 0.632. The Morgan fingerprint density at radius 2 is 1.96 bits per heavy atom. The molecule has 1 aromatic carbocycles. The molecule has 1 amide bonds. The van der Waals surface area contributed by atoms with Crippen LogP contribution >= 0.6 is 11.8 Å². The first kappa shape index (κ1) is 17.6. The standard InChI is InChI=1S/C19H28N2O2S/c1-16(23-18-8-3-2-4-9-18)19(22)21-12-7-13-24-15-17(21)14-20-10-5-6-11-20/h2-4,8-9,16-17H,5-7,10-15H2,1H3/t16-,17+/m1/s1. The van der Waals surface area contributed by atoms with Crippen LogP contribution in [-0.2, 0) is 4.79 Å². The maximum Gasteiger partial charge on any atom is 0.263 e. The summed E-state index contributed by atoms with van der Waals surface area (Å²) >= 11 is 1.98. The van der Waals surface area contributed by atoms with Crippen LogP contribution in [0.4, 0.5) is 0 Å². The van der Waals surface area contributed by atoms with Crippen LogP contribution in [0.5, 0.6) is 5.75 Å². The number of amides is 1. The van der Waals surface area contributed by atoms with Gasteiger partial charge in [0.2, 0.25) is 0 Å². The molecule has 2 heterocycles. The van der Waals surface area contributed by atoms with Crippen LogP contribution < -0.4 is 4.74 Å². The number of hydrogen-bond donors (Lipinski definition) is 0. The van der Waals surface area contributed by atoms with E-state index in [1.54, 1.807) is 0 Å². The zero-order valence-corrected chi connectivity index (χ0v) is 15.3. The normalized spacial score (nSPS) is 23.7. The van der Waals surface area contributed by atoms with Crippen molar-refractivity contribution in [2.45, 2.75) is 38.3 Å². The molecule has 2 aliphatic heterocycles. The molecule has 0 unspecified atom stereocenters. The van der Waals surface area contributed by atoms with Gasteiger partial charge in [0.25, 0.3) is 5.91 Å². The molecule has 2 aliphatic rings. The molecule has 5 heteroatoms. The fourth-order valence-electron chi connectivity index (χ4n) is 3.52. The molecular formula is C19H28N2O2S. The molecule has 0 aliphatic carbocycles. The van der Waals surface area contributed by atoms with Crippen molar-refractivity contribution in [1.29, 1.82) is 0 Å². The first-order chi connectivity index (χ1) is 11.7. The highest BCUT2D eigenvalue weighted by Crippen LogP contribution is 2.21. The fourth-order valence-corrected chi connectivity index (χ4v) is 4.58. The largest absolute Gasteiger partial charge is 0.481 e. The summed E-state index contributed by atoms with van der Waals surface area (Å²) in [5.74, 6) is 3.08. The highest BCUT2D eigenvalue weighted by Gasteiger charge is 2.31. The molecule has 2 atom stereocenters. The Hall–Kier alpha value is -1.20. The minimum Gasteiger partial charge on any atom is -0.481 e. The third-order valence-corrected chi connectivity index (χ3v) is 5.99. The number of nitrogens with zero attached hydrogens (tertiary/aromatic N) is 2. The second kappa shape index (κ2) is 8.77. The number of carbonyl (C=O) groups is 1. The maximum absolute atomic E-state index is 13.0. The van der Waals surface area contributed by atoms with E-state index in [4.69, 9.17) is 4.74 Å². The van der Waals surface area contributed by atoms with E-state index in [0.29, 0.717) is 6.04 Å². The van der Waals surface area contributed by atoms with Crippen molar-refractivity contribution < 1.29 is 9.53 Å². The second-order valence-corrected chi connectivity index (χ2v) is 7.84. The molecule has 1 aromatic rings. The van der Waals surface area contributed by atoms with Gasteiger partial charge < -0.3 is 14.5 Å². The number of rotatable bonds is 5. The van der Waals surface area contributed by atoms with E-state index in [1.165, 1.54) is 25.9 Å². The third-order valence-electron chi connectivity index (χ3n) is 4.79.